The summed E-state index contributed by atoms with van der Waals surface area (Å²) in [6.45, 7) is 2.81. The van der Waals surface area contributed by atoms with Crippen molar-refractivity contribution in [3.8, 4) is 11.5 Å². The van der Waals surface area contributed by atoms with Gasteiger partial charge in [-0.2, -0.15) is 4.98 Å². The first-order chi connectivity index (χ1) is 9.26. The lowest BCUT2D eigenvalue weighted by Crippen LogP contribution is -2.16. The molecule has 2 aromatic heterocycles. The van der Waals surface area contributed by atoms with Crippen LogP contribution in [0.4, 0.5) is 0 Å². The summed E-state index contributed by atoms with van der Waals surface area (Å²) in [7, 11) is 1.71. The van der Waals surface area contributed by atoms with Crippen molar-refractivity contribution in [2.45, 2.75) is 25.5 Å². The van der Waals surface area contributed by atoms with Crippen molar-refractivity contribution < 1.29 is 9.26 Å². The van der Waals surface area contributed by atoms with Crippen molar-refractivity contribution in [2.75, 3.05) is 13.7 Å². The maximum absolute atomic E-state index is 5.32. The molecular weight excluding hydrogens is 244 g/mol. The third-order valence-electron chi connectivity index (χ3n) is 3.31. The molecule has 1 N–H and O–H groups in total. The summed E-state index contributed by atoms with van der Waals surface area (Å²) in [4.78, 5) is 8.66. The van der Waals surface area contributed by atoms with Gasteiger partial charge in [0, 0.05) is 19.9 Å². The van der Waals surface area contributed by atoms with Crippen molar-refractivity contribution in [1.82, 2.24) is 20.4 Å². The Hall–Kier alpha value is -1.79. The molecule has 1 saturated heterocycles. The van der Waals surface area contributed by atoms with Crippen LogP contribution >= 0.6 is 0 Å². The lowest BCUT2D eigenvalue weighted by atomic mass is 10.2. The molecule has 0 radical (unpaired) electrons. The number of hydrogen-bond donors (Lipinski definition) is 1. The molecule has 0 aliphatic carbocycles. The maximum Gasteiger partial charge on any atom is 0.244 e. The van der Waals surface area contributed by atoms with Crippen molar-refractivity contribution in [3.63, 3.8) is 0 Å². The number of pyridine rings is 1. The van der Waals surface area contributed by atoms with Gasteiger partial charge in [-0.1, -0.05) is 5.16 Å². The lowest BCUT2D eigenvalue weighted by Gasteiger charge is -2.04. The predicted molar refractivity (Wildman–Crippen MR) is 68.4 cm³/mol. The van der Waals surface area contributed by atoms with Gasteiger partial charge in [0.1, 0.15) is 5.69 Å². The van der Waals surface area contributed by atoms with Crippen molar-refractivity contribution >= 4 is 0 Å². The van der Waals surface area contributed by atoms with Gasteiger partial charge in [0.05, 0.1) is 12.1 Å². The molecule has 0 bridgehead atoms. The van der Waals surface area contributed by atoms with E-state index >= 15 is 0 Å². The Morgan fingerprint density at radius 3 is 3.11 bits per heavy atom. The van der Waals surface area contributed by atoms with Gasteiger partial charge in [-0.3, -0.25) is 4.98 Å². The van der Waals surface area contributed by atoms with Gasteiger partial charge in [0.2, 0.25) is 11.7 Å². The molecule has 0 saturated carbocycles. The third-order valence-corrected chi connectivity index (χ3v) is 3.31. The van der Waals surface area contributed by atoms with E-state index < -0.39 is 0 Å². The monoisotopic (exact) mass is 260 g/mol. The molecule has 6 heteroatoms. The summed E-state index contributed by atoms with van der Waals surface area (Å²) in [5.41, 5.74) is 1.85. The average Bonchev–Trinajstić information content (AvgIpc) is 3.07. The number of nitrogens with one attached hydrogen (secondary N) is 1. The summed E-state index contributed by atoms with van der Waals surface area (Å²) in [6, 6.07) is 3.94. The van der Waals surface area contributed by atoms with Crippen LogP contribution < -0.4 is 5.32 Å². The van der Waals surface area contributed by atoms with Gasteiger partial charge >= 0.3 is 0 Å². The minimum Gasteiger partial charge on any atom is -0.380 e. The Morgan fingerprint density at radius 2 is 2.37 bits per heavy atom. The van der Waals surface area contributed by atoms with Crippen molar-refractivity contribution in [3.05, 3.63) is 29.8 Å². The van der Waals surface area contributed by atoms with E-state index in [0.29, 0.717) is 11.7 Å². The van der Waals surface area contributed by atoms with E-state index in [-0.39, 0.29) is 12.1 Å². The second-order valence-corrected chi connectivity index (χ2v) is 4.73. The Morgan fingerprint density at radius 1 is 1.47 bits per heavy atom. The Labute approximate surface area is 111 Å². The molecule has 6 nitrogen and oxygen atoms in total. The van der Waals surface area contributed by atoms with Crippen molar-refractivity contribution in [1.29, 1.82) is 0 Å². The minimum absolute atomic E-state index is 0.0657. The normalized spacial score (nSPS) is 22.8. The fraction of sp³-hybridized carbons (Fsp3) is 0.462. The standard InChI is InChI=1S/C13H16N4O2/c1-8-3-4-14-10(5-8)12-16-13(19-17-12)11-6-9(18-2)7-15-11/h3-5,9,11,15H,6-7H2,1-2H3/t9-,11+/m0/s1. The zero-order valence-electron chi connectivity index (χ0n) is 11.0. The molecule has 1 aliphatic heterocycles. The third kappa shape index (κ3) is 2.50. The predicted octanol–water partition coefficient (Wildman–Crippen LogP) is 1.49. The van der Waals surface area contributed by atoms with Crippen LogP contribution in [0, 0.1) is 6.92 Å². The minimum atomic E-state index is 0.0657. The van der Waals surface area contributed by atoms with E-state index in [9.17, 15) is 0 Å². The first kappa shape index (κ1) is 12.3. The first-order valence-electron chi connectivity index (χ1n) is 6.29. The molecule has 1 aliphatic rings. The number of rotatable bonds is 3. The van der Waals surface area contributed by atoms with E-state index in [1.165, 1.54) is 0 Å². The van der Waals surface area contributed by atoms with Crippen LogP contribution in [0.3, 0.4) is 0 Å². The van der Waals surface area contributed by atoms with Gasteiger partial charge < -0.3 is 14.6 Å². The molecule has 0 unspecified atom stereocenters. The number of aromatic nitrogens is 3. The fourth-order valence-electron chi connectivity index (χ4n) is 2.21. The summed E-state index contributed by atoms with van der Waals surface area (Å²) in [5.74, 6) is 1.12. The quantitative estimate of drug-likeness (QED) is 0.901. The van der Waals surface area contributed by atoms with E-state index in [0.717, 1.165) is 24.2 Å². The number of nitrogens with zero attached hydrogens (tertiary/aromatic N) is 3. The Bertz CT molecular complexity index is 569. The highest BCUT2D eigenvalue weighted by Crippen LogP contribution is 2.25. The van der Waals surface area contributed by atoms with Crippen LogP contribution in [0.1, 0.15) is 23.9 Å². The molecule has 19 heavy (non-hydrogen) atoms. The van der Waals surface area contributed by atoms with Crippen LogP contribution in [0.5, 0.6) is 0 Å². The summed E-state index contributed by atoms with van der Waals surface area (Å²) in [5, 5.41) is 7.30. The fourth-order valence-corrected chi connectivity index (χ4v) is 2.21. The smallest absolute Gasteiger partial charge is 0.244 e. The number of ether oxygens (including phenoxy) is 1. The highest BCUT2D eigenvalue weighted by atomic mass is 16.5. The zero-order chi connectivity index (χ0) is 13.2. The zero-order valence-corrected chi connectivity index (χ0v) is 11.0. The van der Waals surface area contributed by atoms with Gasteiger partial charge in [-0.05, 0) is 31.0 Å². The molecule has 0 aromatic carbocycles. The van der Waals surface area contributed by atoms with E-state index in [4.69, 9.17) is 9.26 Å². The molecule has 3 heterocycles. The molecule has 1 fully saturated rings. The summed E-state index contributed by atoms with van der Waals surface area (Å²) < 4.78 is 10.6. The van der Waals surface area contributed by atoms with Gasteiger partial charge in [-0.15, -0.1) is 0 Å². The second-order valence-electron chi connectivity index (χ2n) is 4.73. The average molecular weight is 260 g/mol. The first-order valence-corrected chi connectivity index (χ1v) is 6.29. The Kier molecular flexibility index (Phi) is 3.27. The van der Waals surface area contributed by atoms with Crippen molar-refractivity contribution in [2.24, 2.45) is 0 Å². The highest BCUT2D eigenvalue weighted by Gasteiger charge is 2.29. The molecule has 2 atom stereocenters. The highest BCUT2D eigenvalue weighted by molar-refractivity contribution is 5.49. The van der Waals surface area contributed by atoms with Crippen LogP contribution in [0.2, 0.25) is 0 Å². The summed E-state index contributed by atoms with van der Waals surface area (Å²) in [6.07, 6.45) is 2.80. The largest absolute Gasteiger partial charge is 0.380 e. The topological polar surface area (TPSA) is 73.1 Å². The lowest BCUT2D eigenvalue weighted by molar-refractivity contribution is 0.116. The van der Waals surface area contributed by atoms with Crippen LogP contribution in [0.15, 0.2) is 22.9 Å². The molecule has 2 aromatic rings. The molecule has 0 spiro atoms. The van der Waals surface area contributed by atoms with Gasteiger partial charge in [-0.25, -0.2) is 0 Å². The maximum atomic E-state index is 5.32. The number of aryl methyl sites for hydroxylation is 1. The van der Waals surface area contributed by atoms with Gasteiger partial charge in [0.25, 0.3) is 0 Å². The number of methoxy groups -OCH3 is 1. The second kappa shape index (κ2) is 5.07. The van der Waals surface area contributed by atoms with E-state index in [1.54, 1.807) is 13.3 Å². The van der Waals surface area contributed by atoms with Crippen LogP contribution in [0.25, 0.3) is 11.5 Å². The summed E-state index contributed by atoms with van der Waals surface area (Å²) >= 11 is 0. The molecule has 100 valence electrons. The van der Waals surface area contributed by atoms with Gasteiger partial charge in [0.15, 0.2) is 0 Å². The number of hydrogen-bond acceptors (Lipinski definition) is 6. The Balaban J connectivity index is 1.80. The van der Waals surface area contributed by atoms with E-state index in [1.807, 2.05) is 19.1 Å². The van der Waals surface area contributed by atoms with E-state index in [2.05, 4.69) is 20.4 Å². The molecule has 3 rings (SSSR count). The molecular formula is C13H16N4O2. The van der Waals surface area contributed by atoms with Crippen LogP contribution in [-0.4, -0.2) is 34.9 Å². The SMILES string of the molecule is CO[C@@H]1CN[C@@H](c2nc(-c3cc(C)ccn3)no2)C1. The van der Waals surface area contributed by atoms with Crippen LogP contribution in [-0.2, 0) is 4.74 Å². The molecule has 0 amide bonds.